The predicted octanol–water partition coefficient (Wildman–Crippen LogP) is 3.94. The van der Waals surface area contributed by atoms with E-state index >= 15 is 0 Å². The molecule has 0 aliphatic carbocycles. The summed E-state index contributed by atoms with van der Waals surface area (Å²) in [5.74, 6) is -5.72. The highest BCUT2D eigenvalue weighted by Gasteiger charge is 2.41. The number of H-pyrrole nitrogens is 1. The number of para-hydroxylation sites is 1. The minimum absolute atomic E-state index is 0.0616. The third-order valence-corrected chi connectivity index (χ3v) is 13.0. The lowest BCUT2D eigenvalue weighted by atomic mass is 9.92. The van der Waals surface area contributed by atoms with Crippen LogP contribution in [0.2, 0.25) is 0 Å². The number of nitrogens with one attached hydrogen (secondary N) is 5. The van der Waals surface area contributed by atoms with Crippen molar-refractivity contribution in [1.29, 1.82) is 0 Å². The fourth-order valence-corrected chi connectivity index (χ4v) is 8.77. The van der Waals surface area contributed by atoms with E-state index in [4.69, 9.17) is 11.5 Å². The smallest absolute Gasteiger partial charge is 0.326 e. The molecule has 0 bridgehead atoms. The van der Waals surface area contributed by atoms with E-state index in [0.717, 1.165) is 91.9 Å². The van der Waals surface area contributed by atoms with Crippen molar-refractivity contribution in [3.63, 3.8) is 0 Å². The summed E-state index contributed by atoms with van der Waals surface area (Å²) >= 11 is 0. The quantitative estimate of drug-likeness (QED) is 0.0419. The monoisotopic (exact) mass is 959 g/mol. The number of carbonyl (C=O) groups is 8. The van der Waals surface area contributed by atoms with Gasteiger partial charge in [-0.25, -0.2) is 4.79 Å². The van der Waals surface area contributed by atoms with E-state index in [0.29, 0.717) is 19.3 Å². The molecule has 18 nitrogen and oxygen atoms in total. The van der Waals surface area contributed by atoms with Gasteiger partial charge in [-0.3, -0.25) is 33.6 Å². The molecule has 378 valence electrons. The van der Waals surface area contributed by atoms with E-state index in [1.165, 1.54) is 11.8 Å². The zero-order valence-corrected chi connectivity index (χ0v) is 40.4. The number of aliphatic carboxylic acids is 1. The standard InChI is InChI=1S/C51H74N8O10/c1-4-32(2)45(50(67)59-31-40-36(29-41(59)48(53)65)35-24-20-21-25-37(35)54-40)58-49(66)46(33(3)60)57-43(62)27-19-14-12-10-8-6-5-7-9-11-13-18-26-42(61)55-38(47(52)64)30-44(63)56-39(51(68)69)28-34-22-16-15-17-23-34/h15-17,20-25,32-33,38-39,41,45-46,54,60H,4-14,18-19,26-31H2,1-3H3,(H2,52,64)(H2,53,65)(H,55,61)(H,56,63)(H,57,62)(H,58,66)(H,68,69)/t32-,33-,38+,39-,41?,45+,46-/m0/s1. The number of aromatic amines is 1. The molecule has 1 unspecified atom stereocenters. The number of carbonyl (C=O) groups excluding carboxylic acids is 7. The lowest BCUT2D eigenvalue weighted by Crippen LogP contribution is -2.61. The number of benzene rings is 2. The van der Waals surface area contributed by atoms with Crippen LogP contribution in [0.15, 0.2) is 54.6 Å². The molecular formula is C51H74N8O10. The molecule has 2 heterocycles. The summed E-state index contributed by atoms with van der Waals surface area (Å²) in [5.41, 5.74) is 14.6. The third kappa shape index (κ3) is 17.6. The van der Waals surface area contributed by atoms with Crippen LogP contribution >= 0.6 is 0 Å². The predicted molar refractivity (Wildman–Crippen MR) is 261 cm³/mol. The molecule has 18 heteroatoms. The van der Waals surface area contributed by atoms with Gasteiger partial charge < -0.3 is 52.8 Å². The number of primary amides is 2. The molecule has 0 fully saturated rings. The highest BCUT2D eigenvalue weighted by Crippen LogP contribution is 2.31. The van der Waals surface area contributed by atoms with Gasteiger partial charge in [0.15, 0.2) is 0 Å². The van der Waals surface area contributed by atoms with E-state index < -0.39 is 84.1 Å². The Morgan fingerprint density at radius 3 is 1.77 bits per heavy atom. The summed E-state index contributed by atoms with van der Waals surface area (Å²) < 4.78 is 0. The Bertz CT molecular complexity index is 2200. The van der Waals surface area contributed by atoms with Crippen LogP contribution < -0.4 is 32.7 Å². The first-order valence-corrected chi connectivity index (χ1v) is 24.6. The van der Waals surface area contributed by atoms with Gasteiger partial charge in [0.05, 0.1) is 19.1 Å². The second kappa shape index (κ2) is 28.3. The molecule has 2 aromatic carbocycles. The first-order chi connectivity index (χ1) is 33.0. The number of nitrogens with two attached hydrogens (primary N) is 2. The van der Waals surface area contributed by atoms with Gasteiger partial charge >= 0.3 is 5.97 Å². The van der Waals surface area contributed by atoms with Gasteiger partial charge in [0.2, 0.25) is 41.4 Å². The third-order valence-electron chi connectivity index (χ3n) is 13.0. The molecule has 0 spiro atoms. The molecule has 3 aromatic rings. The minimum atomic E-state index is -1.29. The number of aromatic nitrogens is 1. The summed E-state index contributed by atoms with van der Waals surface area (Å²) in [6.45, 7) is 5.22. The van der Waals surface area contributed by atoms with Crippen LogP contribution in [0.25, 0.3) is 10.9 Å². The number of fused-ring (bicyclic) bond motifs is 3. The fraction of sp³-hybridized carbons (Fsp3) is 0.569. The first-order valence-electron chi connectivity index (χ1n) is 24.6. The number of hydrogen-bond acceptors (Lipinski definition) is 9. The number of amides is 7. The van der Waals surface area contributed by atoms with Crippen molar-refractivity contribution in [2.24, 2.45) is 17.4 Å². The minimum Gasteiger partial charge on any atom is -0.480 e. The fourth-order valence-electron chi connectivity index (χ4n) is 8.77. The summed E-state index contributed by atoms with van der Waals surface area (Å²) in [6.07, 6.45) is 10.6. The number of carboxylic acids is 1. The molecule has 4 rings (SSSR count). The summed E-state index contributed by atoms with van der Waals surface area (Å²) in [7, 11) is 0. The average Bonchev–Trinajstić information content (AvgIpc) is 3.69. The van der Waals surface area contributed by atoms with Crippen LogP contribution in [0.1, 0.15) is 140 Å². The number of carboxylic acid groups (broad SMARTS) is 1. The molecule has 1 aliphatic heterocycles. The maximum Gasteiger partial charge on any atom is 0.326 e. The largest absolute Gasteiger partial charge is 0.480 e. The topological polar surface area (TPSA) is 296 Å². The van der Waals surface area contributed by atoms with Crippen molar-refractivity contribution in [3.05, 3.63) is 71.4 Å². The van der Waals surface area contributed by atoms with Crippen LogP contribution in [-0.4, -0.2) is 104 Å². The summed E-state index contributed by atoms with van der Waals surface area (Å²) in [6, 6.07) is 10.8. The maximum absolute atomic E-state index is 14.2. The summed E-state index contributed by atoms with van der Waals surface area (Å²) in [5, 5.41) is 31.5. The van der Waals surface area contributed by atoms with Crippen molar-refractivity contribution < 1.29 is 48.6 Å². The van der Waals surface area contributed by atoms with Crippen LogP contribution in [0, 0.1) is 5.92 Å². The van der Waals surface area contributed by atoms with Crippen molar-refractivity contribution in [2.75, 3.05) is 0 Å². The Balaban J connectivity index is 1.06. The van der Waals surface area contributed by atoms with Crippen molar-refractivity contribution >= 4 is 58.2 Å². The van der Waals surface area contributed by atoms with E-state index in [9.17, 15) is 48.6 Å². The zero-order chi connectivity index (χ0) is 50.5. The second-order valence-electron chi connectivity index (χ2n) is 18.5. The van der Waals surface area contributed by atoms with Crippen molar-refractivity contribution in [3.8, 4) is 0 Å². The number of hydrogen-bond donors (Lipinski definition) is 9. The van der Waals surface area contributed by atoms with E-state index in [1.807, 2.05) is 38.1 Å². The molecule has 0 radical (unpaired) electrons. The van der Waals surface area contributed by atoms with Gasteiger partial charge in [-0.05, 0) is 42.9 Å². The Labute approximate surface area is 404 Å². The van der Waals surface area contributed by atoms with E-state index in [-0.39, 0.29) is 44.1 Å². The van der Waals surface area contributed by atoms with Gasteiger partial charge in [0, 0.05) is 42.3 Å². The van der Waals surface area contributed by atoms with Crippen LogP contribution in [-0.2, 0) is 57.7 Å². The maximum atomic E-state index is 14.2. The Morgan fingerprint density at radius 1 is 0.696 bits per heavy atom. The lowest BCUT2D eigenvalue weighted by Gasteiger charge is -2.38. The zero-order valence-electron chi connectivity index (χ0n) is 40.4. The van der Waals surface area contributed by atoms with Crippen molar-refractivity contribution in [2.45, 2.75) is 179 Å². The molecular weight excluding hydrogens is 885 g/mol. The van der Waals surface area contributed by atoms with Gasteiger partial charge in [-0.1, -0.05) is 133 Å². The summed E-state index contributed by atoms with van der Waals surface area (Å²) in [4.78, 5) is 107. The van der Waals surface area contributed by atoms with Crippen LogP contribution in [0.4, 0.5) is 0 Å². The number of aliphatic hydroxyl groups is 1. The van der Waals surface area contributed by atoms with Crippen LogP contribution in [0.3, 0.4) is 0 Å². The van der Waals surface area contributed by atoms with Crippen molar-refractivity contribution in [1.82, 2.24) is 31.2 Å². The molecule has 1 aromatic heterocycles. The average molecular weight is 959 g/mol. The van der Waals surface area contributed by atoms with E-state index in [1.54, 1.807) is 30.3 Å². The highest BCUT2D eigenvalue weighted by atomic mass is 16.4. The number of unbranched alkanes of at least 4 members (excludes halogenated alkanes) is 11. The Kier molecular flexibility index (Phi) is 22.6. The van der Waals surface area contributed by atoms with Gasteiger partial charge in [0.1, 0.15) is 30.2 Å². The van der Waals surface area contributed by atoms with Crippen LogP contribution in [0.5, 0.6) is 0 Å². The molecule has 1 aliphatic rings. The van der Waals surface area contributed by atoms with Gasteiger partial charge in [0.25, 0.3) is 0 Å². The number of aliphatic hydroxyl groups excluding tert-OH is 1. The molecule has 0 saturated carbocycles. The molecule has 7 amide bonds. The molecule has 0 saturated heterocycles. The Morgan fingerprint density at radius 2 is 1.23 bits per heavy atom. The number of rotatable bonds is 31. The first kappa shape index (κ1) is 55.3. The highest BCUT2D eigenvalue weighted by molar-refractivity contribution is 5.96. The second-order valence-corrected chi connectivity index (χ2v) is 18.5. The number of nitrogens with zero attached hydrogens (tertiary/aromatic N) is 1. The Hall–Kier alpha value is -6.30. The normalized spacial score (nSPS) is 15.9. The van der Waals surface area contributed by atoms with Gasteiger partial charge in [-0.2, -0.15) is 0 Å². The SMILES string of the molecule is CC[C@H](C)[C@@H](NC(=O)[C@@H](NC(=O)CCCCCCCCCCCCCCC(=O)N[C@H](CC(=O)N[C@@H](Cc1ccccc1)C(=O)O)C(N)=O)[C@H](C)O)C(=O)N1Cc2[nH]c3ccccc3c2CC1C(N)=O. The van der Waals surface area contributed by atoms with E-state index in [2.05, 4.69) is 26.3 Å². The lowest BCUT2D eigenvalue weighted by molar-refractivity contribution is -0.145. The van der Waals surface area contributed by atoms with Gasteiger partial charge in [-0.15, -0.1) is 0 Å². The molecule has 7 atom stereocenters. The molecule has 69 heavy (non-hydrogen) atoms. The molecule has 11 N–H and O–H groups in total.